The summed E-state index contributed by atoms with van der Waals surface area (Å²) in [7, 11) is 8.53. The first-order valence-electron chi connectivity index (χ1n) is 9.02. The third-order valence-electron chi connectivity index (χ3n) is 4.23. The van der Waals surface area contributed by atoms with E-state index in [0.717, 1.165) is 17.3 Å². The summed E-state index contributed by atoms with van der Waals surface area (Å²) in [6.45, 7) is 1.78. The average Bonchev–Trinajstić information content (AvgIpc) is 2.74. The minimum absolute atomic E-state index is 0.528. The van der Waals surface area contributed by atoms with Gasteiger partial charge in [-0.15, -0.1) is 0 Å². The van der Waals surface area contributed by atoms with Crippen LogP contribution < -0.4 is 24.3 Å². The molecule has 0 aliphatic carbocycles. The molecule has 28 heavy (non-hydrogen) atoms. The fourth-order valence-corrected chi connectivity index (χ4v) is 2.78. The molecule has 7 heteroatoms. The third-order valence-corrected chi connectivity index (χ3v) is 4.23. The molecule has 0 heterocycles. The molecule has 0 saturated heterocycles. The molecule has 2 rings (SSSR count). The van der Waals surface area contributed by atoms with Gasteiger partial charge in [0.1, 0.15) is 12.4 Å². The van der Waals surface area contributed by atoms with E-state index in [1.807, 2.05) is 54.4 Å². The average molecular weight is 387 g/mol. The number of aliphatic imine (C=N–C) groups is 1. The zero-order valence-electron chi connectivity index (χ0n) is 17.2. The number of guanidine groups is 1. The maximum atomic E-state index is 5.75. The normalized spacial score (nSPS) is 11.0. The molecule has 0 unspecified atom stereocenters. The third kappa shape index (κ3) is 5.45. The molecule has 1 N–H and O–H groups in total. The standard InChI is InChI=1S/C21H29N3O4/c1-22-21(24(2)13-14-28-17-9-7-6-8-10-17)23-15-16-11-12-18(25-3)20(27-5)19(16)26-4/h6-12H,13-15H2,1-5H3,(H,22,23). The highest BCUT2D eigenvalue weighted by molar-refractivity contribution is 5.79. The van der Waals surface area contributed by atoms with Crippen LogP contribution in [0, 0.1) is 0 Å². The van der Waals surface area contributed by atoms with Gasteiger partial charge in [0.2, 0.25) is 5.75 Å². The molecule has 0 spiro atoms. The summed E-state index contributed by atoms with van der Waals surface area (Å²) in [6, 6.07) is 13.6. The topological polar surface area (TPSA) is 64.6 Å². The van der Waals surface area contributed by atoms with Crippen molar-refractivity contribution in [1.82, 2.24) is 10.2 Å². The lowest BCUT2D eigenvalue weighted by atomic mass is 10.1. The molecule has 0 amide bonds. The Morgan fingerprint density at radius 1 is 0.964 bits per heavy atom. The molecule has 0 aliphatic rings. The first kappa shape index (κ1) is 21.2. The van der Waals surface area contributed by atoms with Crippen LogP contribution in [0.1, 0.15) is 5.56 Å². The van der Waals surface area contributed by atoms with Gasteiger partial charge >= 0.3 is 0 Å². The van der Waals surface area contributed by atoms with E-state index in [1.165, 1.54) is 0 Å². The van der Waals surface area contributed by atoms with E-state index in [-0.39, 0.29) is 0 Å². The number of rotatable bonds is 9. The van der Waals surface area contributed by atoms with E-state index in [9.17, 15) is 0 Å². The van der Waals surface area contributed by atoms with Crippen molar-refractivity contribution in [2.45, 2.75) is 6.54 Å². The van der Waals surface area contributed by atoms with Gasteiger partial charge in [-0.1, -0.05) is 18.2 Å². The first-order chi connectivity index (χ1) is 13.6. The SMILES string of the molecule is CN=C(NCc1ccc(OC)c(OC)c1OC)N(C)CCOc1ccccc1. The molecular formula is C21H29N3O4. The Morgan fingerprint density at radius 3 is 2.29 bits per heavy atom. The highest BCUT2D eigenvalue weighted by Crippen LogP contribution is 2.39. The minimum Gasteiger partial charge on any atom is -0.493 e. The number of likely N-dealkylation sites (N-methyl/N-ethyl adjacent to an activating group) is 1. The van der Waals surface area contributed by atoms with Gasteiger partial charge < -0.3 is 29.2 Å². The summed E-state index contributed by atoms with van der Waals surface area (Å²) >= 11 is 0. The number of methoxy groups -OCH3 is 3. The summed E-state index contributed by atoms with van der Waals surface area (Å²) in [5.41, 5.74) is 0.940. The van der Waals surface area contributed by atoms with Gasteiger partial charge in [0.15, 0.2) is 17.5 Å². The van der Waals surface area contributed by atoms with E-state index in [1.54, 1.807) is 28.4 Å². The van der Waals surface area contributed by atoms with Crippen molar-refractivity contribution >= 4 is 5.96 Å². The van der Waals surface area contributed by atoms with Gasteiger partial charge in [0.05, 0.1) is 27.9 Å². The Labute approximate surface area is 166 Å². The predicted molar refractivity (Wildman–Crippen MR) is 111 cm³/mol. The van der Waals surface area contributed by atoms with Crippen LogP contribution in [-0.2, 0) is 6.54 Å². The van der Waals surface area contributed by atoms with Crippen molar-refractivity contribution in [1.29, 1.82) is 0 Å². The van der Waals surface area contributed by atoms with Crippen LogP contribution >= 0.6 is 0 Å². The van der Waals surface area contributed by atoms with Crippen molar-refractivity contribution in [2.24, 2.45) is 4.99 Å². The van der Waals surface area contributed by atoms with Gasteiger partial charge in [-0.2, -0.15) is 0 Å². The molecule has 152 valence electrons. The summed E-state index contributed by atoms with van der Waals surface area (Å²) < 4.78 is 22.1. The molecule has 0 aliphatic heterocycles. The van der Waals surface area contributed by atoms with Crippen LogP contribution in [0.15, 0.2) is 47.5 Å². The van der Waals surface area contributed by atoms with Crippen LogP contribution in [0.25, 0.3) is 0 Å². The number of para-hydroxylation sites is 1. The highest BCUT2D eigenvalue weighted by atomic mass is 16.5. The lowest BCUT2D eigenvalue weighted by Gasteiger charge is -2.23. The lowest BCUT2D eigenvalue weighted by molar-refractivity contribution is 0.281. The number of hydrogen-bond acceptors (Lipinski definition) is 5. The molecule has 0 radical (unpaired) electrons. The number of ether oxygens (including phenoxy) is 4. The summed E-state index contributed by atoms with van der Waals surface area (Å²) in [5.74, 6) is 3.45. The molecule has 0 aromatic heterocycles. The zero-order chi connectivity index (χ0) is 20.4. The summed E-state index contributed by atoms with van der Waals surface area (Å²) in [4.78, 5) is 6.35. The fourth-order valence-electron chi connectivity index (χ4n) is 2.78. The number of nitrogens with zero attached hydrogens (tertiary/aromatic N) is 2. The molecule has 0 fully saturated rings. The van der Waals surface area contributed by atoms with Gasteiger partial charge in [0, 0.05) is 26.2 Å². The highest BCUT2D eigenvalue weighted by Gasteiger charge is 2.16. The molecular weight excluding hydrogens is 358 g/mol. The van der Waals surface area contributed by atoms with Crippen molar-refractivity contribution < 1.29 is 18.9 Å². The monoisotopic (exact) mass is 387 g/mol. The minimum atomic E-state index is 0.528. The Balaban J connectivity index is 1.96. The summed E-state index contributed by atoms with van der Waals surface area (Å²) in [6.07, 6.45) is 0. The van der Waals surface area contributed by atoms with E-state index in [4.69, 9.17) is 18.9 Å². The smallest absolute Gasteiger partial charge is 0.203 e. The van der Waals surface area contributed by atoms with E-state index in [0.29, 0.717) is 36.9 Å². The van der Waals surface area contributed by atoms with E-state index < -0.39 is 0 Å². The maximum Gasteiger partial charge on any atom is 0.203 e. The number of hydrogen-bond donors (Lipinski definition) is 1. The lowest BCUT2D eigenvalue weighted by Crippen LogP contribution is -2.40. The van der Waals surface area contributed by atoms with Crippen molar-refractivity contribution in [3.05, 3.63) is 48.0 Å². The second-order valence-electron chi connectivity index (χ2n) is 5.98. The molecule has 2 aromatic rings. The van der Waals surface area contributed by atoms with Crippen LogP contribution in [0.3, 0.4) is 0 Å². The second-order valence-corrected chi connectivity index (χ2v) is 5.98. The summed E-state index contributed by atoms with van der Waals surface area (Å²) in [5, 5.41) is 3.34. The Kier molecular flexibility index (Phi) is 8.27. The van der Waals surface area contributed by atoms with Gasteiger partial charge in [-0.05, 0) is 24.3 Å². The van der Waals surface area contributed by atoms with Crippen LogP contribution in [0.5, 0.6) is 23.0 Å². The molecule has 7 nitrogen and oxygen atoms in total. The van der Waals surface area contributed by atoms with Crippen molar-refractivity contribution in [3.63, 3.8) is 0 Å². The molecule has 0 atom stereocenters. The van der Waals surface area contributed by atoms with Crippen molar-refractivity contribution in [3.8, 4) is 23.0 Å². The quantitative estimate of drug-likeness (QED) is 0.527. The molecule has 0 saturated carbocycles. The van der Waals surface area contributed by atoms with Crippen LogP contribution in [-0.4, -0.2) is 59.4 Å². The zero-order valence-corrected chi connectivity index (χ0v) is 17.2. The second kappa shape index (κ2) is 10.9. The number of benzene rings is 2. The van der Waals surface area contributed by atoms with Crippen LogP contribution in [0.4, 0.5) is 0 Å². The Hall–Kier alpha value is -3.09. The maximum absolute atomic E-state index is 5.75. The first-order valence-corrected chi connectivity index (χ1v) is 9.02. The largest absolute Gasteiger partial charge is 0.493 e. The van der Waals surface area contributed by atoms with Gasteiger partial charge in [0.25, 0.3) is 0 Å². The van der Waals surface area contributed by atoms with Crippen LogP contribution in [0.2, 0.25) is 0 Å². The molecule has 0 bridgehead atoms. The van der Waals surface area contributed by atoms with E-state index in [2.05, 4.69) is 10.3 Å². The van der Waals surface area contributed by atoms with E-state index >= 15 is 0 Å². The predicted octanol–water partition coefficient (Wildman–Crippen LogP) is 2.80. The fraction of sp³-hybridized carbons (Fsp3) is 0.381. The van der Waals surface area contributed by atoms with Crippen molar-refractivity contribution in [2.75, 3.05) is 48.6 Å². The molecule has 2 aromatic carbocycles. The van der Waals surface area contributed by atoms with Gasteiger partial charge in [-0.25, -0.2) is 0 Å². The Morgan fingerprint density at radius 2 is 1.68 bits per heavy atom. The van der Waals surface area contributed by atoms with Gasteiger partial charge in [-0.3, -0.25) is 4.99 Å². The number of nitrogens with one attached hydrogen (secondary N) is 1. The Bertz CT molecular complexity index is 766.